The highest BCUT2D eigenvalue weighted by molar-refractivity contribution is 8.03. The van der Waals surface area contributed by atoms with Gasteiger partial charge in [0.25, 0.3) is 0 Å². The Bertz CT molecular complexity index is 188. The van der Waals surface area contributed by atoms with Gasteiger partial charge < -0.3 is 15.6 Å². The van der Waals surface area contributed by atoms with Crippen molar-refractivity contribution in [2.75, 3.05) is 0 Å². The number of rotatable bonds is 1. The Morgan fingerprint density at radius 3 is 2.70 bits per heavy atom. The summed E-state index contributed by atoms with van der Waals surface area (Å²) in [5, 5.41) is 11.4. The summed E-state index contributed by atoms with van der Waals surface area (Å²) in [6.45, 7) is 1.67. The minimum absolute atomic E-state index is 0.632. The third kappa shape index (κ3) is 1.17. The normalized spacial score (nSPS) is 38.4. The van der Waals surface area contributed by atoms with E-state index in [1.54, 1.807) is 18.4 Å². The number of nitrogens with two attached hydrogens (primary N) is 1. The highest BCUT2D eigenvalue weighted by Crippen LogP contribution is 2.30. The standard InChI is InChI=1S/C6H9NO2S/c1-6(7)2-3-10-4(6)5(8)9/h2-4H,7H2,1H3,(H,8,9)/p-1. The lowest BCUT2D eigenvalue weighted by Gasteiger charge is -2.25. The predicted octanol–water partition coefficient (Wildman–Crippen LogP) is -0.917. The van der Waals surface area contributed by atoms with E-state index in [4.69, 9.17) is 5.73 Å². The Morgan fingerprint density at radius 1 is 1.90 bits per heavy atom. The van der Waals surface area contributed by atoms with E-state index >= 15 is 0 Å². The highest BCUT2D eigenvalue weighted by Gasteiger charge is 2.32. The Balaban J connectivity index is 2.75. The quantitative estimate of drug-likeness (QED) is 0.536. The number of aliphatic carboxylic acids is 1. The van der Waals surface area contributed by atoms with Gasteiger partial charge in [-0.25, -0.2) is 0 Å². The lowest BCUT2D eigenvalue weighted by Crippen LogP contribution is -2.51. The summed E-state index contributed by atoms with van der Waals surface area (Å²) < 4.78 is 0. The van der Waals surface area contributed by atoms with Crippen LogP contribution >= 0.6 is 11.8 Å². The van der Waals surface area contributed by atoms with Gasteiger partial charge in [0, 0.05) is 5.54 Å². The van der Waals surface area contributed by atoms with E-state index in [0.717, 1.165) is 0 Å². The summed E-state index contributed by atoms with van der Waals surface area (Å²) in [5.74, 6) is -1.10. The molecule has 0 aromatic heterocycles. The molecule has 1 aliphatic heterocycles. The van der Waals surface area contributed by atoms with Crippen molar-refractivity contribution in [2.45, 2.75) is 17.7 Å². The molecule has 0 aliphatic carbocycles. The van der Waals surface area contributed by atoms with E-state index in [1.807, 2.05) is 0 Å². The minimum atomic E-state index is -1.10. The van der Waals surface area contributed by atoms with Crippen molar-refractivity contribution in [3.8, 4) is 0 Å². The highest BCUT2D eigenvalue weighted by atomic mass is 32.2. The van der Waals surface area contributed by atoms with Gasteiger partial charge in [0.2, 0.25) is 0 Å². The first kappa shape index (κ1) is 7.63. The smallest absolute Gasteiger partial charge is 0.0697 e. The third-order valence-corrected chi connectivity index (χ3v) is 2.69. The van der Waals surface area contributed by atoms with Gasteiger partial charge in [-0.05, 0) is 12.3 Å². The van der Waals surface area contributed by atoms with Crippen LogP contribution in [0.2, 0.25) is 0 Å². The maximum absolute atomic E-state index is 10.4. The average molecular weight is 158 g/mol. The molecule has 4 heteroatoms. The zero-order chi connectivity index (χ0) is 7.78. The molecule has 3 nitrogen and oxygen atoms in total. The fourth-order valence-electron chi connectivity index (χ4n) is 0.808. The maximum atomic E-state index is 10.4. The molecule has 0 bridgehead atoms. The van der Waals surface area contributed by atoms with Crippen molar-refractivity contribution in [3.05, 3.63) is 11.5 Å². The number of carbonyl (C=O) groups is 1. The molecular formula is C6H8NO2S-. The summed E-state index contributed by atoms with van der Waals surface area (Å²) in [5.41, 5.74) is 4.85. The first-order valence-corrected chi connectivity index (χ1v) is 3.81. The Hall–Kier alpha value is -0.480. The summed E-state index contributed by atoms with van der Waals surface area (Å²) in [4.78, 5) is 10.4. The monoisotopic (exact) mass is 158 g/mol. The number of hydrogen-bond acceptors (Lipinski definition) is 4. The van der Waals surface area contributed by atoms with Crippen LogP contribution in [0.1, 0.15) is 6.92 Å². The zero-order valence-corrected chi connectivity index (χ0v) is 6.35. The lowest BCUT2D eigenvalue weighted by atomic mass is 10.00. The van der Waals surface area contributed by atoms with Crippen LogP contribution in [0.25, 0.3) is 0 Å². The third-order valence-electron chi connectivity index (χ3n) is 1.42. The molecule has 1 aliphatic rings. The largest absolute Gasteiger partial charge is 0.549 e. The van der Waals surface area contributed by atoms with Gasteiger partial charge in [-0.15, -0.1) is 11.8 Å². The van der Waals surface area contributed by atoms with Crippen LogP contribution in [-0.4, -0.2) is 16.8 Å². The molecule has 2 N–H and O–H groups in total. The molecule has 10 heavy (non-hydrogen) atoms. The molecule has 56 valence electrons. The lowest BCUT2D eigenvalue weighted by molar-refractivity contribution is -0.305. The fourth-order valence-corrected chi connectivity index (χ4v) is 1.82. The van der Waals surface area contributed by atoms with Crippen LogP contribution < -0.4 is 10.8 Å². The second kappa shape index (κ2) is 2.29. The molecule has 0 radical (unpaired) electrons. The molecule has 2 atom stereocenters. The summed E-state index contributed by atoms with van der Waals surface area (Å²) in [6.07, 6.45) is 1.68. The number of carboxylic acids is 1. The van der Waals surface area contributed by atoms with Crippen LogP contribution in [0.15, 0.2) is 11.5 Å². The molecule has 0 saturated heterocycles. The molecule has 0 aromatic carbocycles. The van der Waals surface area contributed by atoms with Gasteiger partial charge >= 0.3 is 0 Å². The molecule has 0 fully saturated rings. The topological polar surface area (TPSA) is 66.2 Å². The van der Waals surface area contributed by atoms with Crippen LogP contribution in [0.3, 0.4) is 0 Å². The van der Waals surface area contributed by atoms with Crippen molar-refractivity contribution in [1.82, 2.24) is 0 Å². The molecule has 0 aromatic rings. The molecular weight excluding hydrogens is 150 g/mol. The second-order valence-corrected chi connectivity index (χ2v) is 3.52. The van der Waals surface area contributed by atoms with E-state index in [9.17, 15) is 9.90 Å². The van der Waals surface area contributed by atoms with Gasteiger partial charge in [-0.2, -0.15) is 0 Å². The SMILES string of the molecule is CC1(N)C=CSC1C(=O)[O-]. The van der Waals surface area contributed by atoms with Gasteiger partial charge in [0.15, 0.2) is 0 Å². The Labute approximate surface area is 63.3 Å². The van der Waals surface area contributed by atoms with Gasteiger partial charge in [0.1, 0.15) is 0 Å². The minimum Gasteiger partial charge on any atom is -0.549 e. The first-order valence-electron chi connectivity index (χ1n) is 2.87. The summed E-state index contributed by atoms with van der Waals surface area (Å²) >= 11 is 1.19. The van der Waals surface area contributed by atoms with Crippen molar-refractivity contribution >= 4 is 17.7 Å². The van der Waals surface area contributed by atoms with Crippen molar-refractivity contribution in [1.29, 1.82) is 0 Å². The van der Waals surface area contributed by atoms with Crippen LogP contribution in [0, 0.1) is 0 Å². The number of carboxylic acid groups (broad SMARTS) is 1. The zero-order valence-electron chi connectivity index (χ0n) is 5.53. The first-order chi connectivity index (χ1) is 4.54. The Kier molecular flexibility index (Phi) is 1.74. The van der Waals surface area contributed by atoms with E-state index in [1.165, 1.54) is 11.8 Å². The number of carbonyl (C=O) groups excluding carboxylic acids is 1. The molecule has 2 unspecified atom stereocenters. The van der Waals surface area contributed by atoms with Crippen molar-refractivity contribution in [2.24, 2.45) is 5.73 Å². The van der Waals surface area contributed by atoms with Crippen molar-refractivity contribution in [3.63, 3.8) is 0 Å². The van der Waals surface area contributed by atoms with Crippen molar-refractivity contribution < 1.29 is 9.90 Å². The van der Waals surface area contributed by atoms with E-state index in [-0.39, 0.29) is 0 Å². The fraction of sp³-hybridized carbons (Fsp3) is 0.500. The van der Waals surface area contributed by atoms with Crippen LogP contribution in [-0.2, 0) is 4.79 Å². The second-order valence-electron chi connectivity index (χ2n) is 2.50. The molecule has 0 saturated carbocycles. The average Bonchev–Trinajstić information content (AvgIpc) is 2.08. The Morgan fingerprint density at radius 2 is 2.50 bits per heavy atom. The summed E-state index contributed by atoms with van der Waals surface area (Å²) in [6, 6.07) is 0. The van der Waals surface area contributed by atoms with Crippen LogP contribution in [0.5, 0.6) is 0 Å². The predicted molar refractivity (Wildman–Crippen MR) is 38.1 cm³/mol. The molecule has 0 spiro atoms. The number of thioether (sulfide) groups is 1. The van der Waals surface area contributed by atoms with E-state index in [2.05, 4.69) is 0 Å². The maximum Gasteiger partial charge on any atom is 0.0697 e. The van der Waals surface area contributed by atoms with E-state index < -0.39 is 16.8 Å². The molecule has 0 amide bonds. The van der Waals surface area contributed by atoms with E-state index in [0.29, 0.717) is 0 Å². The van der Waals surface area contributed by atoms with Gasteiger partial charge in [-0.1, -0.05) is 6.08 Å². The van der Waals surface area contributed by atoms with Gasteiger partial charge in [-0.3, -0.25) is 0 Å². The molecule has 1 rings (SSSR count). The van der Waals surface area contributed by atoms with Gasteiger partial charge in [0.05, 0.1) is 11.2 Å². The molecule has 1 heterocycles. The summed E-state index contributed by atoms with van der Waals surface area (Å²) in [7, 11) is 0. The van der Waals surface area contributed by atoms with Crippen LogP contribution in [0.4, 0.5) is 0 Å². The number of hydrogen-bond donors (Lipinski definition) is 1.